The van der Waals surface area contributed by atoms with Crippen LogP contribution in [0.15, 0.2) is 48.5 Å². The van der Waals surface area contributed by atoms with Gasteiger partial charge < -0.3 is 9.84 Å². The molecule has 5 heteroatoms. The quantitative estimate of drug-likeness (QED) is 0.889. The van der Waals surface area contributed by atoms with Gasteiger partial charge in [-0.15, -0.1) is 0 Å². The molecule has 128 valence electrons. The maximum absolute atomic E-state index is 13.8. The molecular formula is C19H21ClFNO2. The minimum absolute atomic E-state index is 0.196. The number of aliphatic hydroxyl groups is 1. The zero-order chi connectivity index (χ0) is 17.0. The van der Waals surface area contributed by atoms with Crippen LogP contribution in [-0.4, -0.2) is 35.3 Å². The highest BCUT2D eigenvalue weighted by Gasteiger charge is 2.34. The molecule has 0 saturated carbocycles. The highest BCUT2D eigenvalue weighted by Crippen LogP contribution is 2.25. The maximum atomic E-state index is 13.8. The number of hydrogen-bond acceptors (Lipinski definition) is 3. The average molecular weight is 350 g/mol. The molecule has 0 radical (unpaired) electrons. The number of ether oxygens (including phenoxy) is 1. The van der Waals surface area contributed by atoms with E-state index in [1.54, 1.807) is 24.3 Å². The van der Waals surface area contributed by atoms with Gasteiger partial charge in [0, 0.05) is 23.7 Å². The molecule has 0 spiro atoms. The van der Waals surface area contributed by atoms with Crippen molar-refractivity contribution in [3.05, 3.63) is 64.9 Å². The fourth-order valence-corrected chi connectivity index (χ4v) is 3.28. The monoisotopic (exact) mass is 349 g/mol. The van der Waals surface area contributed by atoms with Gasteiger partial charge in [-0.05, 0) is 43.7 Å². The molecule has 1 saturated heterocycles. The Morgan fingerprint density at radius 3 is 2.83 bits per heavy atom. The lowest BCUT2D eigenvalue weighted by molar-refractivity contribution is -0.0622. The fourth-order valence-electron chi connectivity index (χ4n) is 3.10. The minimum Gasteiger partial charge on any atom is -0.490 e. The molecule has 2 aromatic rings. The fraction of sp³-hybridized carbons (Fsp3) is 0.368. The van der Waals surface area contributed by atoms with E-state index in [0.717, 1.165) is 13.0 Å². The van der Waals surface area contributed by atoms with Crippen LogP contribution in [0.1, 0.15) is 18.4 Å². The van der Waals surface area contributed by atoms with E-state index in [9.17, 15) is 9.50 Å². The number of likely N-dealkylation sites (tertiary alicyclic amines) is 1. The number of halogens is 2. The van der Waals surface area contributed by atoms with E-state index in [-0.39, 0.29) is 12.4 Å². The van der Waals surface area contributed by atoms with Crippen LogP contribution in [0.25, 0.3) is 0 Å². The summed E-state index contributed by atoms with van der Waals surface area (Å²) in [6.45, 7) is 1.99. The van der Waals surface area contributed by atoms with Crippen LogP contribution in [0.2, 0.25) is 5.02 Å². The minimum atomic E-state index is -0.939. The molecule has 1 heterocycles. The summed E-state index contributed by atoms with van der Waals surface area (Å²) >= 11 is 5.94. The SMILES string of the molecule is OC1(COc2cccc(Cl)c2)CCCN(Cc2ccccc2F)C1. The van der Waals surface area contributed by atoms with Gasteiger partial charge in [0.05, 0.1) is 0 Å². The molecule has 1 atom stereocenters. The Balaban J connectivity index is 1.60. The highest BCUT2D eigenvalue weighted by molar-refractivity contribution is 6.30. The second-order valence-corrected chi connectivity index (χ2v) is 6.81. The van der Waals surface area contributed by atoms with Gasteiger partial charge in [0.2, 0.25) is 0 Å². The van der Waals surface area contributed by atoms with Gasteiger partial charge in [-0.25, -0.2) is 4.39 Å². The lowest BCUT2D eigenvalue weighted by Crippen LogP contribution is -2.51. The van der Waals surface area contributed by atoms with Crippen LogP contribution in [0.5, 0.6) is 5.75 Å². The number of nitrogens with zero attached hydrogens (tertiary/aromatic N) is 1. The molecule has 1 fully saturated rings. The van der Waals surface area contributed by atoms with Gasteiger partial charge >= 0.3 is 0 Å². The summed E-state index contributed by atoms with van der Waals surface area (Å²) in [5.74, 6) is 0.434. The number of piperidine rings is 1. The number of benzene rings is 2. The van der Waals surface area contributed by atoms with Crippen molar-refractivity contribution in [2.75, 3.05) is 19.7 Å². The summed E-state index contributed by atoms with van der Waals surface area (Å²) in [4.78, 5) is 2.07. The topological polar surface area (TPSA) is 32.7 Å². The Labute approximate surface area is 146 Å². The van der Waals surface area contributed by atoms with E-state index < -0.39 is 5.60 Å². The zero-order valence-corrected chi connectivity index (χ0v) is 14.2. The third-order valence-electron chi connectivity index (χ3n) is 4.29. The van der Waals surface area contributed by atoms with Crippen molar-refractivity contribution in [3.63, 3.8) is 0 Å². The molecule has 1 aliphatic heterocycles. The Hall–Kier alpha value is -1.62. The zero-order valence-electron chi connectivity index (χ0n) is 13.4. The third kappa shape index (κ3) is 4.47. The Morgan fingerprint density at radius 1 is 1.21 bits per heavy atom. The predicted molar refractivity (Wildman–Crippen MR) is 92.8 cm³/mol. The lowest BCUT2D eigenvalue weighted by atomic mass is 9.93. The van der Waals surface area contributed by atoms with Crippen LogP contribution < -0.4 is 4.74 Å². The summed E-state index contributed by atoms with van der Waals surface area (Å²) in [7, 11) is 0. The van der Waals surface area contributed by atoms with E-state index >= 15 is 0 Å². The Bertz CT molecular complexity index is 697. The summed E-state index contributed by atoms with van der Waals surface area (Å²) in [6.07, 6.45) is 1.52. The molecule has 0 bridgehead atoms. The van der Waals surface area contributed by atoms with Crippen LogP contribution in [0.4, 0.5) is 4.39 Å². The van der Waals surface area contributed by atoms with Gasteiger partial charge in [-0.1, -0.05) is 35.9 Å². The van der Waals surface area contributed by atoms with E-state index in [4.69, 9.17) is 16.3 Å². The molecule has 0 aromatic heterocycles. The highest BCUT2D eigenvalue weighted by atomic mass is 35.5. The predicted octanol–water partition coefficient (Wildman–Crippen LogP) is 3.89. The molecule has 1 unspecified atom stereocenters. The molecule has 1 N–H and O–H groups in total. The summed E-state index contributed by atoms with van der Waals surface area (Å²) in [5, 5.41) is 11.4. The third-order valence-corrected chi connectivity index (χ3v) is 4.52. The van der Waals surface area contributed by atoms with Crippen molar-refractivity contribution in [3.8, 4) is 5.75 Å². The van der Waals surface area contributed by atoms with Gasteiger partial charge in [0.1, 0.15) is 23.8 Å². The first kappa shape index (κ1) is 17.2. The first-order valence-corrected chi connectivity index (χ1v) is 8.48. The van der Waals surface area contributed by atoms with E-state index in [2.05, 4.69) is 4.90 Å². The van der Waals surface area contributed by atoms with Crippen molar-refractivity contribution in [1.82, 2.24) is 4.90 Å². The van der Waals surface area contributed by atoms with Crippen molar-refractivity contribution in [2.45, 2.75) is 25.0 Å². The molecule has 2 aromatic carbocycles. The van der Waals surface area contributed by atoms with Crippen molar-refractivity contribution in [1.29, 1.82) is 0 Å². The largest absolute Gasteiger partial charge is 0.490 e. The van der Waals surface area contributed by atoms with Crippen molar-refractivity contribution in [2.24, 2.45) is 0 Å². The standard InChI is InChI=1S/C19H21ClFNO2/c20-16-6-3-7-17(11-16)24-14-19(23)9-4-10-22(13-19)12-15-5-1-2-8-18(15)21/h1-3,5-8,11,23H,4,9-10,12-14H2. The molecule has 3 rings (SSSR count). The first-order valence-electron chi connectivity index (χ1n) is 8.11. The molecule has 0 aliphatic carbocycles. The second kappa shape index (κ2) is 7.51. The molecule has 24 heavy (non-hydrogen) atoms. The van der Waals surface area contributed by atoms with Gasteiger partial charge in [0.15, 0.2) is 0 Å². The molecule has 0 amide bonds. The van der Waals surface area contributed by atoms with Gasteiger partial charge in [0.25, 0.3) is 0 Å². The molecular weight excluding hydrogens is 329 g/mol. The number of rotatable bonds is 5. The number of hydrogen-bond donors (Lipinski definition) is 1. The average Bonchev–Trinajstić information content (AvgIpc) is 2.56. The van der Waals surface area contributed by atoms with Crippen LogP contribution >= 0.6 is 11.6 Å². The van der Waals surface area contributed by atoms with Crippen molar-refractivity contribution >= 4 is 11.6 Å². The van der Waals surface area contributed by atoms with E-state index in [1.807, 2.05) is 18.2 Å². The normalized spacial score (nSPS) is 21.6. The van der Waals surface area contributed by atoms with E-state index in [1.165, 1.54) is 6.07 Å². The second-order valence-electron chi connectivity index (χ2n) is 6.38. The van der Waals surface area contributed by atoms with Crippen LogP contribution in [0, 0.1) is 5.82 Å². The molecule has 3 nitrogen and oxygen atoms in total. The number of β-amino-alcohol motifs (C(OH)–C–C–N with tert-alkyl or cyclic N) is 1. The first-order chi connectivity index (χ1) is 11.5. The van der Waals surface area contributed by atoms with Crippen molar-refractivity contribution < 1.29 is 14.2 Å². The summed E-state index contributed by atoms with van der Waals surface area (Å²) in [6, 6.07) is 13.9. The maximum Gasteiger partial charge on any atom is 0.127 e. The molecule has 1 aliphatic rings. The van der Waals surface area contributed by atoms with E-state index in [0.29, 0.717) is 35.8 Å². The smallest absolute Gasteiger partial charge is 0.127 e. The Morgan fingerprint density at radius 2 is 2.04 bits per heavy atom. The van der Waals surface area contributed by atoms with Gasteiger partial charge in [-0.2, -0.15) is 0 Å². The lowest BCUT2D eigenvalue weighted by Gasteiger charge is -2.39. The summed E-state index contributed by atoms with van der Waals surface area (Å²) < 4.78 is 19.5. The van der Waals surface area contributed by atoms with Gasteiger partial charge in [-0.3, -0.25) is 4.90 Å². The summed E-state index contributed by atoms with van der Waals surface area (Å²) in [5.41, 5.74) is -0.288. The van der Waals surface area contributed by atoms with Crippen LogP contribution in [0.3, 0.4) is 0 Å². The van der Waals surface area contributed by atoms with Crippen LogP contribution in [-0.2, 0) is 6.54 Å². The Kier molecular flexibility index (Phi) is 5.39.